The van der Waals surface area contributed by atoms with Crippen LogP contribution in [-0.4, -0.2) is 21.2 Å². The number of hydrogen-bond donors (Lipinski definition) is 0. The minimum Gasteiger partial charge on any atom is -0.456 e. The smallest absolute Gasteiger partial charge is 0.306 e. The van der Waals surface area contributed by atoms with Crippen LogP contribution in [0.15, 0.2) is 63.6 Å². The summed E-state index contributed by atoms with van der Waals surface area (Å²) in [6.07, 6.45) is 1.71. The van der Waals surface area contributed by atoms with Gasteiger partial charge in [-0.25, -0.2) is 9.37 Å². The van der Waals surface area contributed by atoms with Crippen molar-refractivity contribution in [1.29, 1.82) is 0 Å². The number of carbonyl (C=O) groups excluding carboxylic acids is 1. The third-order valence-electron chi connectivity index (χ3n) is 4.32. The maximum Gasteiger partial charge on any atom is 0.306 e. The first-order chi connectivity index (χ1) is 14.6. The van der Waals surface area contributed by atoms with E-state index < -0.39 is 11.8 Å². The minimum atomic E-state index is -0.462. The molecule has 0 aliphatic rings. The number of hydrogen-bond acceptors (Lipinski definition) is 7. The lowest BCUT2D eigenvalue weighted by atomic mass is 10.1. The summed E-state index contributed by atoms with van der Waals surface area (Å²) in [4.78, 5) is 16.1. The number of aryl methyl sites for hydroxylation is 2. The summed E-state index contributed by atoms with van der Waals surface area (Å²) in [6.45, 7) is 1.85. The average Bonchev–Trinajstić information content (AvgIpc) is 3.41. The van der Waals surface area contributed by atoms with Crippen molar-refractivity contribution in [1.82, 2.24) is 15.2 Å². The van der Waals surface area contributed by atoms with E-state index in [1.165, 1.54) is 12.3 Å². The van der Waals surface area contributed by atoms with Crippen LogP contribution in [0.2, 0.25) is 0 Å². The van der Waals surface area contributed by atoms with Crippen LogP contribution in [0.25, 0.3) is 22.8 Å². The van der Waals surface area contributed by atoms with Gasteiger partial charge in [-0.2, -0.15) is 0 Å². The van der Waals surface area contributed by atoms with Gasteiger partial charge in [-0.1, -0.05) is 29.8 Å². The van der Waals surface area contributed by atoms with Gasteiger partial charge in [-0.3, -0.25) is 4.79 Å². The van der Waals surface area contributed by atoms with Gasteiger partial charge in [-0.15, -0.1) is 10.2 Å². The van der Waals surface area contributed by atoms with Gasteiger partial charge in [0.25, 0.3) is 5.89 Å². The Morgan fingerprint density at radius 3 is 2.77 bits per heavy atom. The van der Waals surface area contributed by atoms with Crippen molar-refractivity contribution in [3.8, 4) is 22.8 Å². The monoisotopic (exact) mass is 407 g/mol. The molecule has 7 nitrogen and oxygen atoms in total. The largest absolute Gasteiger partial charge is 0.456 e. The molecule has 0 radical (unpaired) electrons. The molecule has 152 valence electrons. The van der Waals surface area contributed by atoms with E-state index in [0.29, 0.717) is 23.1 Å². The Bertz CT molecular complexity index is 1170. The Morgan fingerprint density at radius 2 is 1.93 bits per heavy atom. The number of ether oxygens (including phenoxy) is 1. The highest BCUT2D eigenvalue weighted by Crippen LogP contribution is 2.24. The average molecular weight is 407 g/mol. The van der Waals surface area contributed by atoms with E-state index in [9.17, 15) is 9.18 Å². The molecule has 4 aromatic rings. The third-order valence-corrected chi connectivity index (χ3v) is 4.32. The normalized spacial score (nSPS) is 10.9. The van der Waals surface area contributed by atoms with E-state index in [1.54, 1.807) is 18.2 Å². The van der Waals surface area contributed by atoms with Crippen LogP contribution < -0.4 is 0 Å². The zero-order valence-corrected chi connectivity index (χ0v) is 16.2. The van der Waals surface area contributed by atoms with Gasteiger partial charge in [0.05, 0.1) is 18.2 Å². The molecule has 0 spiro atoms. The van der Waals surface area contributed by atoms with Crippen LogP contribution in [0.5, 0.6) is 0 Å². The van der Waals surface area contributed by atoms with Crippen LogP contribution in [0.1, 0.15) is 23.8 Å². The molecule has 4 rings (SSSR count). The number of aromatic nitrogens is 3. The van der Waals surface area contributed by atoms with Crippen molar-refractivity contribution in [2.45, 2.75) is 26.4 Å². The van der Waals surface area contributed by atoms with Crippen LogP contribution in [0, 0.1) is 12.7 Å². The summed E-state index contributed by atoms with van der Waals surface area (Å²) >= 11 is 0. The van der Waals surface area contributed by atoms with E-state index in [0.717, 1.165) is 11.1 Å². The minimum absolute atomic E-state index is 0.0517. The predicted octanol–water partition coefficient (Wildman–Crippen LogP) is 4.52. The van der Waals surface area contributed by atoms with E-state index in [2.05, 4.69) is 15.2 Å². The highest BCUT2D eigenvalue weighted by Gasteiger charge is 2.14. The van der Waals surface area contributed by atoms with Crippen LogP contribution in [-0.2, 0) is 22.6 Å². The summed E-state index contributed by atoms with van der Waals surface area (Å²) in [5.41, 5.74) is 2.19. The maximum absolute atomic E-state index is 13.8. The molecule has 0 atom stereocenters. The van der Waals surface area contributed by atoms with Gasteiger partial charge < -0.3 is 13.6 Å². The van der Waals surface area contributed by atoms with Gasteiger partial charge in [0.15, 0.2) is 18.3 Å². The van der Waals surface area contributed by atoms with E-state index in [-0.39, 0.29) is 25.3 Å². The van der Waals surface area contributed by atoms with Gasteiger partial charge in [0.2, 0.25) is 5.89 Å². The first kappa shape index (κ1) is 19.5. The third kappa shape index (κ3) is 4.60. The fraction of sp³-hybridized carbons (Fsp3) is 0.182. The summed E-state index contributed by atoms with van der Waals surface area (Å²) in [7, 11) is 0. The lowest BCUT2D eigenvalue weighted by Gasteiger charge is -2.01. The summed E-state index contributed by atoms with van der Waals surface area (Å²) in [5.74, 6) is 0.346. The number of halogens is 1. The number of esters is 1. The zero-order chi connectivity index (χ0) is 20.9. The second-order valence-electron chi connectivity index (χ2n) is 6.63. The Hall–Kier alpha value is -3.81. The van der Waals surface area contributed by atoms with Crippen molar-refractivity contribution in [3.63, 3.8) is 0 Å². The molecule has 30 heavy (non-hydrogen) atoms. The molecular formula is C22H18FN3O4. The molecule has 0 aliphatic heterocycles. The number of carbonyl (C=O) groups is 1. The predicted molar refractivity (Wildman–Crippen MR) is 104 cm³/mol. The molecular weight excluding hydrogens is 389 g/mol. The van der Waals surface area contributed by atoms with Crippen LogP contribution in [0.3, 0.4) is 0 Å². The summed E-state index contributed by atoms with van der Waals surface area (Å²) in [5, 5.41) is 7.87. The lowest BCUT2D eigenvalue weighted by molar-refractivity contribution is -0.145. The van der Waals surface area contributed by atoms with E-state index in [1.807, 2.05) is 31.2 Å². The molecule has 0 saturated heterocycles. The standard InChI is InChI=1S/C22H18FN3O4/c1-14-5-4-6-15(11-14)22-26-25-20(30-22)13-28-21(27)10-9-19-24-12-18(29-19)16-7-2-3-8-17(16)23/h2-8,11-12H,9-10,13H2,1H3. The highest BCUT2D eigenvalue weighted by atomic mass is 19.1. The molecule has 0 aliphatic carbocycles. The molecule has 8 heteroatoms. The number of benzene rings is 2. The van der Waals surface area contributed by atoms with Gasteiger partial charge in [0, 0.05) is 12.0 Å². The molecule has 0 bridgehead atoms. The fourth-order valence-electron chi connectivity index (χ4n) is 2.84. The first-order valence-corrected chi connectivity index (χ1v) is 9.33. The molecule has 0 saturated carbocycles. The molecule has 0 amide bonds. The van der Waals surface area contributed by atoms with Crippen molar-refractivity contribution in [2.24, 2.45) is 0 Å². The Balaban J connectivity index is 1.28. The first-order valence-electron chi connectivity index (χ1n) is 9.33. The highest BCUT2D eigenvalue weighted by molar-refractivity contribution is 5.69. The number of oxazole rings is 1. The van der Waals surface area contributed by atoms with Crippen molar-refractivity contribution in [3.05, 3.63) is 77.9 Å². The van der Waals surface area contributed by atoms with E-state index in [4.69, 9.17) is 13.6 Å². The van der Waals surface area contributed by atoms with Gasteiger partial charge >= 0.3 is 5.97 Å². The van der Waals surface area contributed by atoms with Crippen molar-refractivity contribution in [2.75, 3.05) is 0 Å². The number of nitrogens with zero attached hydrogens (tertiary/aromatic N) is 3. The van der Waals surface area contributed by atoms with Gasteiger partial charge in [0.1, 0.15) is 5.82 Å². The Labute approximate surface area is 171 Å². The van der Waals surface area contributed by atoms with E-state index >= 15 is 0 Å². The number of rotatable bonds is 7. The second-order valence-corrected chi connectivity index (χ2v) is 6.63. The maximum atomic E-state index is 13.8. The quantitative estimate of drug-likeness (QED) is 0.416. The van der Waals surface area contributed by atoms with Crippen LogP contribution in [0.4, 0.5) is 4.39 Å². The Morgan fingerprint density at radius 1 is 1.07 bits per heavy atom. The SMILES string of the molecule is Cc1cccc(-c2nnc(COC(=O)CCc3ncc(-c4ccccc4F)o3)o2)c1. The van der Waals surface area contributed by atoms with Crippen molar-refractivity contribution >= 4 is 5.97 Å². The van der Waals surface area contributed by atoms with Crippen LogP contribution >= 0.6 is 0 Å². The van der Waals surface area contributed by atoms with Crippen molar-refractivity contribution < 1.29 is 22.8 Å². The molecule has 2 aromatic carbocycles. The topological polar surface area (TPSA) is 91.2 Å². The molecule has 2 aromatic heterocycles. The lowest BCUT2D eigenvalue weighted by Crippen LogP contribution is -2.06. The fourth-order valence-corrected chi connectivity index (χ4v) is 2.84. The molecule has 2 heterocycles. The second kappa shape index (κ2) is 8.69. The summed E-state index contributed by atoms with van der Waals surface area (Å²) in [6, 6.07) is 13.9. The Kier molecular flexibility index (Phi) is 5.65. The van der Waals surface area contributed by atoms with Gasteiger partial charge in [-0.05, 0) is 31.2 Å². The molecule has 0 fully saturated rings. The molecule has 0 N–H and O–H groups in total. The molecule has 0 unspecified atom stereocenters. The summed E-state index contributed by atoms with van der Waals surface area (Å²) < 4.78 is 30.0. The zero-order valence-electron chi connectivity index (χ0n) is 16.2.